The largest absolute Gasteiger partial charge is 0.480 e. The standard InChI is InChI=1S/C15H19NO2/c17-15(18)14(11-8-9-11)16-13-7-3-5-10-4-1-2-6-12(10)13/h3,5,7,11,14,16H,1-2,4,6,8-9H2,(H,17,18). The van der Waals surface area contributed by atoms with Gasteiger partial charge >= 0.3 is 5.97 Å². The van der Waals surface area contributed by atoms with Crippen molar-refractivity contribution in [3.8, 4) is 0 Å². The Hall–Kier alpha value is -1.51. The van der Waals surface area contributed by atoms with E-state index in [2.05, 4.69) is 11.4 Å². The first kappa shape index (κ1) is 11.6. The van der Waals surface area contributed by atoms with Crippen molar-refractivity contribution in [3.05, 3.63) is 29.3 Å². The number of hydrogen-bond donors (Lipinski definition) is 2. The van der Waals surface area contributed by atoms with Crippen molar-refractivity contribution in [1.82, 2.24) is 0 Å². The lowest BCUT2D eigenvalue weighted by molar-refractivity contribution is -0.138. The zero-order chi connectivity index (χ0) is 12.5. The molecule has 96 valence electrons. The van der Waals surface area contributed by atoms with E-state index in [9.17, 15) is 9.90 Å². The normalized spacial score (nSPS) is 20.0. The first-order chi connectivity index (χ1) is 8.75. The van der Waals surface area contributed by atoms with Gasteiger partial charge in [-0.1, -0.05) is 12.1 Å². The van der Waals surface area contributed by atoms with Crippen LogP contribution in [0, 0.1) is 5.92 Å². The highest BCUT2D eigenvalue weighted by molar-refractivity contribution is 5.79. The molecule has 1 atom stereocenters. The summed E-state index contributed by atoms with van der Waals surface area (Å²) < 4.78 is 0. The van der Waals surface area contributed by atoms with Gasteiger partial charge in [0.25, 0.3) is 0 Å². The number of aryl methyl sites for hydroxylation is 1. The average molecular weight is 245 g/mol. The number of fused-ring (bicyclic) bond motifs is 1. The highest BCUT2D eigenvalue weighted by Gasteiger charge is 2.36. The fourth-order valence-corrected chi connectivity index (χ4v) is 2.89. The molecule has 1 aromatic rings. The Bertz CT molecular complexity index is 466. The molecule has 18 heavy (non-hydrogen) atoms. The van der Waals surface area contributed by atoms with Gasteiger partial charge in [-0.25, -0.2) is 4.79 Å². The molecule has 3 heteroatoms. The first-order valence-corrected chi connectivity index (χ1v) is 6.86. The predicted molar refractivity (Wildman–Crippen MR) is 70.9 cm³/mol. The quantitative estimate of drug-likeness (QED) is 0.857. The smallest absolute Gasteiger partial charge is 0.326 e. The minimum atomic E-state index is -0.717. The zero-order valence-electron chi connectivity index (χ0n) is 10.5. The van der Waals surface area contributed by atoms with Gasteiger partial charge in [0.05, 0.1) is 0 Å². The predicted octanol–water partition coefficient (Wildman–Crippen LogP) is 2.84. The second-order valence-electron chi connectivity index (χ2n) is 5.45. The fraction of sp³-hybridized carbons (Fsp3) is 0.533. The molecule has 0 spiro atoms. The number of anilines is 1. The minimum Gasteiger partial charge on any atom is -0.480 e. The van der Waals surface area contributed by atoms with Crippen LogP contribution in [0.5, 0.6) is 0 Å². The second kappa shape index (κ2) is 4.63. The number of rotatable bonds is 4. The van der Waals surface area contributed by atoms with Gasteiger partial charge in [0.2, 0.25) is 0 Å². The Morgan fingerprint density at radius 2 is 2.06 bits per heavy atom. The summed E-state index contributed by atoms with van der Waals surface area (Å²) in [5.41, 5.74) is 3.79. The highest BCUT2D eigenvalue weighted by atomic mass is 16.4. The van der Waals surface area contributed by atoms with Crippen LogP contribution in [0.2, 0.25) is 0 Å². The maximum atomic E-state index is 11.3. The van der Waals surface area contributed by atoms with Gasteiger partial charge in [-0.3, -0.25) is 0 Å². The lowest BCUT2D eigenvalue weighted by Crippen LogP contribution is -2.32. The molecule has 0 radical (unpaired) electrons. The monoisotopic (exact) mass is 245 g/mol. The summed E-state index contributed by atoms with van der Waals surface area (Å²) in [4.78, 5) is 11.3. The van der Waals surface area contributed by atoms with Crippen LogP contribution in [0.1, 0.15) is 36.8 Å². The van der Waals surface area contributed by atoms with Gasteiger partial charge in [-0.15, -0.1) is 0 Å². The van der Waals surface area contributed by atoms with E-state index in [0.29, 0.717) is 5.92 Å². The van der Waals surface area contributed by atoms with Crippen LogP contribution in [-0.2, 0) is 17.6 Å². The number of carbonyl (C=O) groups is 1. The van der Waals surface area contributed by atoms with Crippen molar-refractivity contribution in [3.63, 3.8) is 0 Å². The van der Waals surface area contributed by atoms with Crippen molar-refractivity contribution in [2.45, 2.75) is 44.6 Å². The van der Waals surface area contributed by atoms with E-state index in [4.69, 9.17) is 0 Å². The molecule has 0 aliphatic heterocycles. The third-order valence-electron chi connectivity index (χ3n) is 4.07. The maximum absolute atomic E-state index is 11.3. The highest BCUT2D eigenvalue weighted by Crippen LogP contribution is 2.36. The first-order valence-electron chi connectivity index (χ1n) is 6.86. The molecule has 1 aromatic carbocycles. The van der Waals surface area contributed by atoms with Crippen LogP contribution in [-0.4, -0.2) is 17.1 Å². The fourth-order valence-electron chi connectivity index (χ4n) is 2.89. The van der Waals surface area contributed by atoms with Crippen LogP contribution in [0.4, 0.5) is 5.69 Å². The molecule has 3 nitrogen and oxygen atoms in total. The van der Waals surface area contributed by atoms with Crippen molar-refractivity contribution in [2.75, 3.05) is 5.32 Å². The summed E-state index contributed by atoms with van der Waals surface area (Å²) in [6.45, 7) is 0. The Balaban J connectivity index is 1.85. The summed E-state index contributed by atoms with van der Waals surface area (Å²) in [6, 6.07) is 5.84. The second-order valence-corrected chi connectivity index (χ2v) is 5.45. The Kier molecular flexibility index (Phi) is 2.98. The van der Waals surface area contributed by atoms with Crippen LogP contribution in [0.25, 0.3) is 0 Å². The molecule has 3 rings (SSSR count). The third kappa shape index (κ3) is 2.22. The van der Waals surface area contributed by atoms with Crippen LogP contribution in [0.15, 0.2) is 18.2 Å². The van der Waals surface area contributed by atoms with Crippen LogP contribution >= 0.6 is 0 Å². The summed E-state index contributed by atoms with van der Waals surface area (Å²) in [5, 5.41) is 12.6. The van der Waals surface area contributed by atoms with Gasteiger partial charge in [-0.2, -0.15) is 0 Å². The maximum Gasteiger partial charge on any atom is 0.326 e. The lowest BCUT2D eigenvalue weighted by Gasteiger charge is -2.23. The van der Waals surface area contributed by atoms with E-state index in [-0.39, 0.29) is 0 Å². The molecule has 0 heterocycles. The number of aliphatic carboxylic acids is 1. The lowest BCUT2D eigenvalue weighted by atomic mass is 9.90. The summed E-state index contributed by atoms with van der Waals surface area (Å²) in [6.07, 6.45) is 6.76. The topological polar surface area (TPSA) is 49.3 Å². The molecule has 1 unspecified atom stereocenters. The average Bonchev–Trinajstić information content (AvgIpc) is 3.20. The molecule has 2 N–H and O–H groups in total. The van der Waals surface area contributed by atoms with E-state index < -0.39 is 12.0 Å². The third-order valence-corrected chi connectivity index (χ3v) is 4.07. The molecular formula is C15H19NO2. The molecule has 1 fully saturated rings. The summed E-state index contributed by atoms with van der Waals surface area (Å²) in [5.74, 6) is -0.396. The van der Waals surface area contributed by atoms with Crippen molar-refractivity contribution >= 4 is 11.7 Å². The van der Waals surface area contributed by atoms with Gasteiger partial charge in [0, 0.05) is 5.69 Å². The summed E-state index contributed by atoms with van der Waals surface area (Å²) >= 11 is 0. The number of nitrogens with one attached hydrogen (secondary N) is 1. The number of benzene rings is 1. The Labute approximate surface area is 107 Å². The minimum absolute atomic E-state index is 0.321. The van der Waals surface area contributed by atoms with E-state index in [1.807, 2.05) is 12.1 Å². The van der Waals surface area contributed by atoms with Crippen molar-refractivity contribution in [2.24, 2.45) is 5.92 Å². The van der Waals surface area contributed by atoms with E-state index >= 15 is 0 Å². The molecule has 0 saturated heterocycles. The Morgan fingerprint density at radius 1 is 1.28 bits per heavy atom. The molecule has 0 bridgehead atoms. The van der Waals surface area contributed by atoms with Gasteiger partial charge in [0.1, 0.15) is 6.04 Å². The van der Waals surface area contributed by atoms with Gasteiger partial charge in [0.15, 0.2) is 0 Å². The van der Waals surface area contributed by atoms with E-state index in [1.165, 1.54) is 24.0 Å². The molecule has 2 aliphatic rings. The molecule has 2 aliphatic carbocycles. The van der Waals surface area contributed by atoms with Gasteiger partial charge in [-0.05, 0) is 61.6 Å². The number of hydrogen-bond acceptors (Lipinski definition) is 2. The van der Waals surface area contributed by atoms with E-state index in [1.54, 1.807) is 0 Å². The number of carboxylic acid groups (broad SMARTS) is 1. The Morgan fingerprint density at radius 3 is 2.78 bits per heavy atom. The van der Waals surface area contributed by atoms with Crippen LogP contribution in [0.3, 0.4) is 0 Å². The number of carboxylic acids is 1. The molecule has 0 amide bonds. The van der Waals surface area contributed by atoms with Crippen molar-refractivity contribution < 1.29 is 9.90 Å². The SMILES string of the molecule is O=C(O)C(Nc1cccc2c1CCCC2)C1CC1. The summed E-state index contributed by atoms with van der Waals surface area (Å²) in [7, 11) is 0. The molecule has 0 aromatic heterocycles. The molecular weight excluding hydrogens is 226 g/mol. The van der Waals surface area contributed by atoms with Crippen LogP contribution < -0.4 is 5.32 Å². The molecule has 1 saturated carbocycles. The van der Waals surface area contributed by atoms with Gasteiger partial charge < -0.3 is 10.4 Å². The zero-order valence-corrected chi connectivity index (χ0v) is 10.5. The van der Waals surface area contributed by atoms with Crippen molar-refractivity contribution in [1.29, 1.82) is 0 Å². The van der Waals surface area contributed by atoms with E-state index in [0.717, 1.165) is 31.4 Å².